The molecule has 3 heterocycles. The molecule has 0 saturated heterocycles. The predicted octanol–water partition coefficient (Wildman–Crippen LogP) is 4.97. The van der Waals surface area contributed by atoms with Crippen molar-refractivity contribution in [2.45, 2.75) is 45.4 Å². The lowest BCUT2D eigenvalue weighted by Gasteiger charge is -2.11. The molecule has 4 rings (SSSR count). The number of benzene rings is 1. The summed E-state index contributed by atoms with van der Waals surface area (Å²) in [6.45, 7) is 6.00. The van der Waals surface area contributed by atoms with Gasteiger partial charge in [-0.3, -0.25) is 9.59 Å². The molecule has 0 spiro atoms. The number of nitrogens with zero attached hydrogens (tertiary/aromatic N) is 3. The molecule has 226 valence electrons. The molecule has 14 heteroatoms. The zero-order chi connectivity index (χ0) is 30.8. The topological polar surface area (TPSA) is 142 Å². The fraction of sp³-hybridized carbons (Fsp3) is 0.310. The van der Waals surface area contributed by atoms with Crippen LogP contribution >= 0.6 is 34.4 Å². The Bertz CT molecular complexity index is 1570. The standard InChI is InChI=1S/C29H31N5O6S3/c1-4-39-27(37)23-18(3)24(28(38)40-5-2)43-26(23)31-22(35)17-42-29-33-32-21(16-30-25(36)20-12-9-15-41-20)34(29)14-13-19-10-7-6-8-11-19/h6-12,15H,4-5,13-14,16-17H2,1-3H3,(H,30,36)(H,31,35). The molecule has 2 N–H and O–H groups in total. The first kappa shape index (κ1) is 31.9. The number of aromatic nitrogens is 3. The van der Waals surface area contributed by atoms with Crippen LogP contribution in [0.25, 0.3) is 0 Å². The Kier molecular flexibility index (Phi) is 11.5. The van der Waals surface area contributed by atoms with E-state index in [1.54, 1.807) is 26.8 Å². The average Bonchev–Trinajstić information content (AvgIpc) is 3.74. The van der Waals surface area contributed by atoms with Crippen molar-refractivity contribution in [1.29, 1.82) is 0 Å². The second-order valence-corrected chi connectivity index (χ2v) is 11.9. The van der Waals surface area contributed by atoms with Gasteiger partial charge in [0.2, 0.25) is 5.91 Å². The summed E-state index contributed by atoms with van der Waals surface area (Å²) in [5.41, 5.74) is 1.64. The first-order valence-electron chi connectivity index (χ1n) is 13.5. The Hall–Kier alpha value is -4.01. The van der Waals surface area contributed by atoms with Gasteiger partial charge in [-0.05, 0) is 49.8 Å². The number of carbonyl (C=O) groups is 4. The van der Waals surface area contributed by atoms with Crippen molar-refractivity contribution in [3.05, 3.63) is 80.1 Å². The van der Waals surface area contributed by atoms with Crippen molar-refractivity contribution < 1.29 is 28.7 Å². The van der Waals surface area contributed by atoms with Gasteiger partial charge in [0.05, 0.1) is 36.0 Å². The van der Waals surface area contributed by atoms with Crippen LogP contribution in [0.1, 0.15) is 60.5 Å². The van der Waals surface area contributed by atoms with E-state index in [1.165, 1.54) is 23.1 Å². The lowest BCUT2D eigenvalue weighted by Crippen LogP contribution is -2.24. The minimum Gasteiger partial charge on any atom is -0.462 e. The zero-order valence-corrected chi connectivity index (χ0v) is 26.3. The highest BCUT2D eigenvalue weighted by atomic mass is 32.2. The highest BCUT2D eigenvalue weighted by Crippen LogP contribution is 2.34. The fourth-order valence-corrected chi connectivity index (χ4v) is 6.58. The van der Waals surface area contributed by atoms with Gasteiger partial charge in [-0.2, -0.15) is 0 Å². The van der Waals surface area contributed by atoms with Crippen molar-refractivity contribution in [2.75, 3.05) is 24.3 Å². The number of nitrogens with one attached hydrogen (secondary N) is 2. The van der Waals surface area contributed by atoms with Crippen LogP contribution in [0.2, 0.25) is 0 Å². The van der Waals surface area contributed by atoms with Crippen LogP contribution in [-0.4, -0.2) is 57.5 Å². The summed E-state index contributed by atoms with van der Waals surface area (Å²) in [5.74, 6) is -1.30. The molecule has 11 nitrogen and oxygen atoms in total. The summed E-state index contributed by atoms with van der Waals surface area (Å²) < 4.78 is 12.2. The minimum absolute atomic E-state index is 0.0427. The first-order chi connectivity index (χ1) is 20.8. The average molecular weight is 642 g/mol. The smallest absolute Gasteiger partial charge is 0.348 e. The van der Waals surface area contributed by atoms with E-state index in [0.29, 0.717) is 34.4 Å². The van der Waals surface area contributed by atoms with Crippen molar-refractivity contribution in [1.82, 2.24) is 20.1 Å². The molecule has 0 aliphatic heterocycles. The van der Waals surface area contributed by atoms with Gasteiger partial charge < -0.3 is 24.7 Å². The zero-order valence-electron chi connectivity index (χ0n) is 23.9. The molecular weight excluding hydrogens is 611 g/mol. The molecule has 0 aliphatic rings. The normalized spacial score (nSPS) is 10.8. The summed E-state index contributed by atoms with van der Waals surface area (Å²) >= 11 is 3.50. The SMILES string of the molecule is CCOC(=O)c1sc(NC(=O)CSc2nnc(CNC(=O)c3cccs3)n2CCc2ccccc2)c(C(=O)OCC)c1C. The molecule has 0 aliphatic carbocycles. The lowest BCUT2D eigenvalue weighted by molar-refractivity contribution is -0.113. The van der Waals surface area contributed by atoms with E-state index in [9.17, 15) is 19.2 Å². The van der Waals surface area contributed by atoms with E-state index < -0.39 is 17.8 Å². The molecule has 4 aromatic rings. The van der Waals surface area contributed by atoms with E-state index in [4.69, 9.17) is 9.47 Å². The van der Waals surface area contributed by atoms with Crippen molar-refractivity contribution in [3.8, 4) is 0 Å². The molecule has 2 amide bonds. The number of hydrogen-bond acceptors (Lipinski definition) is 11. The van der Waals surface area contributed by atoms with Crippen LogP contribution in [0.15, 0.2) is 53.0 Å². The Morgan fingerprint density at radius 2 is 1.72 bits per heavy atom. The number of thiophene rings is 2. The summed E-state index contributed by atoms with van der Waals surface area (Å²) in [4.78, 5) is 51.5. The van der Waals surface area contributed by atoms with Crippen LogP contribution in [0, 0.1) is 6.92 Å². The molecule has 0 saturated carbocycles. The van der Waals surface area contributed by atoms with Crippen molar-refractivity contribution in [2.24, 2.45) is 0 Å². The van der Waals surface area contributed by atoms with E-state index >= 15 is 0 Å². The molecule has 0 radical (unpaired) electrons. The molecule has 0 unspecified atom stereocenters. The number of amides is 2. The maximum absolute atomic E-state index is 13.1. The highest BCUT2D eigenvalue weighted by Gasteiger charge is 2.27. The quantitative estimate of drug-likeness (QED) is 0.144. The number of thioether (sulfide) groups is 1. The van der Waals surface area contributed by atoms with Gasteiger partial charge in [-0.25, -0.2) is 9.59 Å². The number of hydrogen-bond donors (Lipinski definition) is 2. The largest absolute Gasteiger partial charge is 0.462 e. The Balaban J connectivity index is 1.49. The lowest BCUT2D eigenvalue weighted by atomic mass is 10.1. The van der Waals surface area contributed by atoms with Gasteiger partial charge in [0.15, 0.2) is 11.0 Å². The fourth-order valence-electron chi connectivity index (χ4n) is 4.06. The third-order valence-corrected chi connectivity index (χ3v) is 9.11. The van der Waals surface area contributed by atoms with Gasteiger partial charge in [-0.1, -0.05) is 48.2 Å². The Labute approximate surface area is 261 Å². The Morgan fingerprint density at radius 3 is 2.42 bits per heavy atom. The molecular formula is C29H31N5O6S3. The number of carbonyl (C=O) groups excluding carboxylic acids is 4. The summed E-state index contributed by atoms with van der Waals surface area (Å²) in [6.07, 6.45) is 0.693. The number of ether oxygens (including phenoxy) is 2. The van der Waals surface area contributed by atoms with Gasteiger partial charge in [0, 0.05) is 6.54 Å². The van der Waals surface area contributed by atoms with Crippen LogP contribution in [-0.2, 0) is 33.8 Å². The van der Waals surface area contributed by atoms with Crippen LogP contribution < -0.4 is 10.6 Å². The maximum atomic E-state index is 13.1. The number of aryl methyl sites for hydroxylation is 1. The van der Waals surface area contributed by atoms with Gasteiger partial charge in [0.1, 0.15) is 9.88 Å². The maximum Gasteiger partial charge on any atom is 0.348 e. The number of esters is 2. The summed E-state index contributed by atoms with van der Waals surface area (Å²) in [6, 6.07) is 13.5. The predicted molar refractivity (Wildman–Crippen MR) is 166 cm³/mol. The Morgan fingerprint density at radius 1 is 0.977 bits per heavy atom. The summed E-state index contributed by atoms with van der Waals surface area (Å²) in [7, 11) is 0. The third-order valence-electron chi connectivity index (χ3n) is 6.08. The number of anilines is 1. The molecule has 43 heavy (non-hydrogen) atoms. The van der Waals surface area contributed by atoms with E-state index in [1.807, 2.05) is 46.3 Å². The van der Waals surface area contributed by atoms with E-state index in [2.05, 4.69) is 20.8 Å². The number of rotatable bonds is 14. The van der Waals surface area contributed by atoms with Gasteiger partial charge >= 0.3 is 11.9 Å². The summed E-state index contributed by atoms with van der Waals surface area (Å²) in [5, 5.41) is 16.8. The monoisotopic (exact) mass is 641 g/mol. The van der Waals surface area contributed by atoms with Crippen molar-refractivity contribution >= 4 is 63.2 Å². The molecule has 0 bridgehead atoms. The van der Waals surface area contributed by atoms with E-state index in [-0.39, 0.29) is 46.9 Å². The highest BCUT2D eigenvalue weighted by molar-refractivity contribution is 7.99. The third kappa shape index (κ3) is 8.30. The molecule has 1 aromatic carbocycles. The first-order valence-corrected chi connectivity index (χ1v) is 16.2. The van der Waals surface area contributed by atoms with Crippen LogP contribution in [0.5, 0.6) is 0 Å². The molecule has 0 fully saturated rings. The van der Waals surface area contributed by atoms with Crippen LogP contribution in [0.3, 0.4) is 0 Å². The van der Waals surface area contributed by atoms with Crippen LogP contribution in [0.4, 0.5) is 5.00 Å². The van der Waals surface area contributed by atoms with Crippen molar-refractivity contribution in [3.63, 3.8) is 0 Å². The second-order valence-electron chi connectivity index (χ2n) is 8.98. The second kappa shape index (κ2) is 15.5. The molecule has 3 aromatic heterocycles. The minimum atomic E-state index is -0.635. The van der Waals surface area contributed by atoms with Gasteiger partial charge in [0.25, 0.3) is 5.91 Å². The van der Waals surface area contributed by atoms with E-state index in [0.717, 1.165) is 16.9 Å². The molecule has 0 atom stereocenters. The van der Waals surface area contributed by atoms with Gasteiger partial charge in [-0.15, -0.1) is 32.9 Å².